The standard InChI is InChI=1S/C5H10O2S/c1-4(2)8(3)5(6)7/h4H,1-3H3. The fraction of sp³-hybridized carbons (Fsp3) is 0.800. The number of carbonyl (C=O) groups excluding carboxylic acids is 1. The zero-order chi connectivity index (χ0) is 6.73. The fourth-order valence-electron chi connectivity index (χ4n) is 0.192. The molecule has 3 heteroatoms. The van der Waals surface area contributed by atoms with E-state index in [9.17, 15) is 9.90 Å². The molecule has 1 atom stereocenters. The van der Waals surface area contributed by atoms with E-state index < -0.39 is 16.2 Å². The van der Waals surface area contributed by atoms with Crippen molar-refractivity contribution in [2.24, 2.45) is 0 Å². The molecule has 1 unspecified atom stereocenters. The molecule has 0 N–H and O–H groups in total. The molecule has 0 aliphatic rings. The number of hydrogen-bond donors (Lipinski definition) is 0. The van der Waals surface area contributed by atoms with E-state index in [-0.39, 0.29) is 5.25 Å². The van der Waals surface area contributed by atoms with Crippen molar-refractivity contribution >= 4 is 16.2 Å². The summed E-state index contributed by atoms with van der Waals surface area (Å²) in [5, 5.41) is 9.32. The van der Waals surface area contributed by atoms with E-state index in [0.29, 0.717) is 0 Å². The SMILES string of the molecule is CC(C)[S+](C)C(=O)[O-]. The van der Waals surface area contributed by atoms with Crippen LogP contribution in [0.3, 0.4) is 0 Å². The van der Waals surface area contributed by atoms with Crippen LogP contribution in [0.1, 0.15) is 13.8 Å². The summed E-state index contributed by atoms with van der Waals surface area (Å²) in [6.07, 6.45) is 1.68. The molecule has 0 aliphatic heterocycles. The number of hydrogen-bond acceptors (Lipinski definition) is 2. The van der Waals surface area contributed by atoms with Crippen LogP contribution in [0.2, 0.25) is 0 Å². The maximum atomic E-state index is 10.0. The Balaban J connectivity index is 3.64. The first-order valence-corrected chi connectivity index (χ1v) is 4.11. The molecule has 0 bridgehead atoms. The van der Waals surface area contributed by atoms with Gasteiger partial charge in [-0.2, -0.15) is 0 Å². The van der Waals surface area contributed by atoms with Crippen molar-refractivity contribution in [3.63, 3.8) is 0 Å². The first-order valence-electron chi connectivity index (χ1n) is 2.41. The second-order valence-corrected chi connectivity index (χ2v) is 4.25. The molecular formula is C5H10O2S. The normalized spacial score (nSPS) is 14.0. The van der Waals surface area contributed by atoms with Crippen molar-refractivity contribution < 1.29 is 9.90 Å². The molecular weight excluding hydrogens is 124 g/mol. The predicted molar refractivity (Wildman–Crippen MR) is 33.8 cm³/mol. The van der Waals surface area contributed by atoms with Gasteiger partial charge in [0.15, 0.2) is 0 Å². The summed E-state index contributed by atoms with van der Waals surface area (Å²) < 4.78 is 0. The lowest BCUT2D eigenvalue weighted by Gasteiger charge is -2.03. The molecule has 8 heavy (non-hydrogen) atoms. The Morgan fingerprint density at radius 1 is 1.62 bits per heavy atom. The Labute approximate surface area is 52.2 Å². The third kappa shape index (κ3) is 2.21. The average molecular weight is 134 g/mol. The van der Waals surface area contributed by atoms with Gasteiger partial charge >= 0.3 is 0 Å². The molecule has 0 aromatic heterocycles. The minimum atomic E-state index is -0.931. The summed E-state index contributed by atoms with van der Waals surface area (Å²) in [7, 11) is -0.568. The molecule has 0 aliphatic carbocycles. The van der Waals surface area contributed by atoms with Crippen molar-refractivity contribution in [2.75, 3.05) is 6.26 Å². The van der Waals surface area contributed by atoms with E-state index in [1.807, 2.05) is 13.8 Å². The Morgan fingerprint density at radius 2 is 2.00 bits per heavy atom. The van der Waals surface area contributed by atoms with E-state index in [2.05, 4.69) is 0 Å². The van der Waals surface area contributed by atoms with Crippen LogP contribution in [0.15, 0.2) is 0 Å². The van der Waals surface area contributed by atoms with E-state index in [4.69, 9.17) is 0 Å². The molecule has 0 spiro atoms. The highest BCUT2D eigenvalue weighted by molar-refractivity contribution is 8.10. The van der Waals surface area contributed by atoms with Gasteiger partial charge in [0.2, 0.25) is 0 Å². The van der Waals surface area contributed by atoms with Gasteiger partial charge in [0.25, 0.3) is 5.30 Å². The molecule has 0 saturated heterocycles. The quantitative estimate of drug-likeness (QED) is 0.473. The molecule has 0 fully saturated rings. The Bertz CT molecular complexity index is 90.4. The third-order valence-electron chi connectivity index (χ3n) is 0.970. The van der Waals surface area contributed by atoms with Gasteiger partial charge in [-0.3, -0.25) is 0 Å². The van der Waals surface area contributed by atoms with E-state index >= 15 is 0 Å². The zero-order valence-corrected chi connectivity index (χ0v) is 6.12. The van der Waals surface area contributed by atoms with Crippen molar-refractivity contribution in [3.05, 3.63) is 0 Å². The van der Waals surface area contributed by atoms with Gasteiger partial charge in [-0.05, 0) is 13.8 Å². The highest BCUT2D eigenvalue weighted by Crippen LogP contribution is 1.99. The van der Waals surface area contributed by atoms with Gasteiger partial charge in [-0.15, -0.1) is 0 Å². The molecule has 2 nitrogen and oxygen atoms in total. The Morgan fingerprint density at radius 3 is 2.00 bits per heavy atom. The summed E-state index contributed by atoms with van der Waals surface area (Å²) in [6, 6.07) is 0. The number of carboxylic acid groups (broad SMARTS) is 1. The minimum Gasteiger partial charge on any atom is -0.504 e. The van der Waals surface area contributed by atoms with Gasteiger partial charge < -0.3 is 9.90 Å². The lowest BCUT2D eigenvalue weighted by atomic mass is 10.6. The third-order valence-corrected chi connectivity index (χ3v) is 2.91. The van der Waals surface area contributed by atoms with Gasteiger partial charge in [0.05, 0.1) is 0 Å². The van der Waals surface area contributed by atoms with Gasteiger partial charge in [0.1, 0.15) is 11.5 Å². The summed E-state index contributed by atoms with van der Waals surface area (Å²) in [5.74, 6) is 0. The maximum Gasteiger partial charge on any atom is 0.273 e. The van der Waals surface area contributed by atoms with Crippen LogP contribution in [0.25, 0.3) is 0 Å². The van der Waals surface area contributed by atoms with Crippen LogP contribution in [0.5, 0.6) is 0 Å². The van der Waals surface area contributed by atoms with Crippen LogP contribution in [-0.2, 0) is 10.9 Å². The number of rotatable bonds is 1. The number of carbonyl (C=O) groups is 1. The smallest absolute Gasteiger partial charge is 0.273 e. The summed E-state index contributed by atoms with van der Waals surface area (Å²) in [6.45, 7) is 3.75. The first-order chi connectivity index (χ1) is 3.55. The van der Waals surface area contributed by atoms with Crippen LogP contribution in [0, 0.1) is 0 Å². The van der Waals surface area contributed by atoms with Crippen LogP contribution in [-0.4, -0.2) is 16.8 Å². The van der Waals surface area contributed by atoms with Gasteiger partial charge in [0, 0.05) is 10.9 Å². The molecule has 0 radical (unpaired) electrons. The molecule has 48 valence electrons. The average Bonchev–Trinajstić information content (AvgIpc) is 1.64. The fourth-order valence-corrected chi connectivity index (χ4v) is 0.577. The Hall–Kier alpha value is -0.180. The monoisotopic (exact) mass is 134 g/mol. The molecule has 0 amide bonds. The minimum absolute atomic E-state index is 0.208. The van der Waals surface area contributed by atoms with Crippen LogP contribution in [0.4, 0.5) is 4.79 Å². The highest BCUT2D eigenvalue weighted by Gasteiger charge is 2.17. The zero-order valence-electron chi connectivity index (χ0n) is 5.30. The van der Waals surface area contributed by atoms with Crippen molar-refractivity contribution in [1.29, 1.82) is 0 Å². The summed E-state index contributed by atoms with van der Waals surface area (Å²) >= 11 is 0. The molecule has 0 aromatic rings. The van der Waals surface area contributed by atoms with Crippen molar-refractivity contribution in [3.8, 4) is 0 Å². The molecule has 0 aromatic carbocycles. The van der Waals surface area contributed by atoms with E-state index in [0.717, 1.165) is 0 Å². The Kier molecular flexibility index (Phi) is 2.90. The van der Waals surface area contributed by atoms with Crippen LogP contribution < -0.4 is 5.11 Å². The second-order valence-electron chi connectivity index (χ2n) is 1.86. The topological polar surface area (TPSA) is 40.1 Å². The van der Waals surface area contributed by atoms with E-state index in [1.54, 1.807) is 6.26 Å². The highest BCUT2D eigenvalue weighted by atomic mass is 32.2. The lowest BCUT2D eigenvalue weighted by molar-refractivity contribution is -0.233. The predicted octanol–water partition coefficient (Wildman–Crippen LogP) is -0.0138. The summed E-state index contributed by atoms with van der Waals surface area (Å²) in [5.41, 5.74) is 0. The van der Waals surface area contributed by atoms with Gasteiger partial charge in [-0.1, -0.05) is 0 Å². The molecule has 0 heterocycles. The first kappa shape index (κ1) is 7.82. The molecule has 0 rings (SSSR count). The largest absolute Gasteiger partial charge is 0.504 e. The van der Waals surface area contributed by atoms with Crippen molar-refractivity contribution in [2.45, 2.75) is 19.1 Å². The lowest BCUT2D eigenvalue weighted by Crippen LogP contribution is -2.34. The van der Waals surface area contributed by atoms with E-state index in [1.165, 1.54) is 0 Å². The van der Waals surface area contributed by atoms with Gasteiger partial charge in [-0.25, -0.2) is 0 Å². The maximum absolute atomic E-state index is 10.0. The summed E-state index contributed by atoms with van der Waals surface area (Å²) in [4.78, 5) is 10.0. The van der Waals surface area contributed by atoms with Crippen LogP contribution >= 0.6 is 0 Å². The molecule has 0 saturated carbocycles. The van der Waals surface area contributed by atoms with Crippen molar-refractivity contribution in [1.82, 2.24) is 0 Å². The second kappa shape index (κ2) is 2.97.